The number of ether oxygens (including phenoxy) is 1. The van der Waals surface area contributed by atoms with Gasteiger partial charge in [0.15, 0.2) is 0 Å². The highest BCUT2D eigenvalue weighted by Gasteiger charge is 2.30. The Morgan fingerprint density at radius 1 is 1.29 bits per heavy atom. The van der Waals surface area contributed by atoms with Crippen LogP contribution in [0.4, 0.5) is 5.69 Å². The van der Waals surface area contributed by atoms with E-state index in [1.807, 2.05) is 48.5 Å². The van der Waals surface area contributed by atoms with E-state index in [0.29, 0.717) is 11.4 Å². The van der Waals surface area contributed by atoms with E-state index < -0.39 is 0 Å². The van der Waals surface area contributed by atoms with Gasteiger partial charge in [0.1, 0.15) is 12.3 Å². The molecule has 0 radical (unpaired) electrons. The molecule has 2 aromatic carbocycles. The first-order valence-corrected chi connectivity index (χ1v) is 13.7. The summed E-state index contributed by atoms with van der Waals surface area (Å²) in [5, 5.41) is 3.01. The number of carbonyl (C=O) groups is 2. The van der Waals surface area contributed by atoms with Crippen molar-refractivity contribution in [1.82, 2.24) is 10.2 Å². The molecule has 1 fully saturated rings. The van der Waals surface area contributed by atoms with Gasteiger partial charge < -0.3 is 15.0 Å². The van der Waals surface area contributed by atoms with Crippen LogP contribution in [-0.2, 0) is 9.59 Å². The number of nitrogens with zero attached hydrogens (tertiary/aromatic N) is 2. The average Bonchev–Trinajstić information content (AvgIpc) is 2.84. The lowest BCUT2D eigenvalue weighted by molar-refractivity contribution is -0.122. The highest BCUT2D eigenvalue weighted by Crippen LogP contribution is 2.42. The second kappa shape index (κ2) is 12.1. The molecule has 2 aromatic rings. The number of halogens is 1. The van der Waals surface area contributed by atoms with E-state index in [-0.39, 0.29) is 18.4 Å². The van der Waals surface area contributed by atoms with Crippen molar-refractivity contribution in [2.75, 3.05) is 44.7 Å². The zero-order valence-corrected chi connectivity index (χ0v) is 22.7. The fourth-order valence-electron chi connectivity index (χ4n) is 4.56. The molecule has 0 bridgehead atoms. The Bertz CT molecular complexity index is 1110. The summed E-state index contributed by atoms with van der Waals surface area (Å²) in [6.07, 6.45) is 5.34. The largest absolute Gasteiger partial charge is 0.496 e. The van der Waals surface area contributed by atoms with Gasteiger partial charge in [-0.2, -0.15) is 0 Å². The van der Waals surface area contributed by atoms with Crippen LogP contribution in [-0.4, -0.2) is 56.5 Å². The van der Waals surface area contributed by atoms with Crippen LogP contribution in [0.3, 0.4) is 0 Å². The Hall–Kier alpha value is -2.29. The summed E-state index contributed by atoms with van der Waals surface area (Å²) in [7, 11) is 1.62. The van der Waals surface area contributed by atoms with E-state index in [9.17, 15) is 9.59 Å². The van der Waals surface area contributed by atoms with Crippen LogP contribution in [0, 0.1) is 5.92 Å². The molecule has 0 spiro atoms. The van der Waals surface area contributed by atoms with Gasteiger partial charge in [0.2, 0.25) is 5.91 Å². The maximum atomic E-state index is 13.4. The topological polar surface area (TPSA) is 61.9 Å². The van der Waals surface area contributed by atoms with Gasteiger partial charge in [-0.15, -0.1) is 0 Å². The molecule has 35 heavy (non-hydrogen) atoms. The fourth-order valence-corrected chi connectivity index (χ4v) is 6.18. The third-order valence-corrected chi connectivity index (χ3v) is 8.02. The molecular formula is C27H32BrN3O3S. The summed E-state index contributed by atoms with van der Waals surface area (Å²) in [6.45, 7) is 6.21. The Morgan fingerprint density at radius 2 is 2.11 bits per heavy atom. The lowest BCUT2D eigenvalue weighted by Gasteiger charge is -2.31. The molecule has 0 aromatic heterocycles. The number of anilines is 1. The van der Waals surface area contributed by atoms with Crippen molar-refractivity contribution in [3.8, 4) is 5.75 Å². The molecule has 0 saturated carbocycles. The summed E-state index contributed by atoms with van der Waals surface area (Å²) in [5.74, 6) is 1.17. The van der Waals surface area contributed by atoms with Crippen molar-refractivity contribution in [3.63, 3.8) is 0 Å². The first-order valence-electron chi connectivity index (χ1n) is 12.1. The van der Waals surface area contributed by atoms with E-state index in [1.165, 1.54) is 24.6 Å². The highest BCUT2D eigenvalue weighted by molar-refractivity contribution is 9.10. The van der Waals surface area contributed by atoms with Gasteiger partial charge in [-0.05, 0) is 90.1 Å². The molecule has 4 rings (SSSR count). The molecule has 2 amide bonds. The maximum absolute atomic E-state index is 13.4. The van der Waals surface area contributed by atoms with Gasteiger partial charge in [-0.25, -0.2) is 0 Å². The average molecular weight is 559 g/mol. The number of benzene rings is 2. The van der Waals surface area contributed by atoms with Crippen molar-refractivity contribution < 1.29 is 14.3 Å². The van der Waals surface area contributed by atoms with Gasteiger partial charge in [0.05, 0.1) is 22.2 Å². The number of piperidine rings is 1. The van der Waals surface area contributed by atoms with E-state index in [1.54, 1.807) is 12.0 Å². The molecule has 1 atom stereocenters. The van der Waals surface area contributed by atoms with E-state index in [4.69, 9.17) is 4.74 Å². The summed E-state index contributed by atoms with van der Waals surface area (Å²) in [6, 6.07) is 13.4. The predicted molar refractivity (Wildman–Crippen MR) is 146 cm³/mol. The Morgan fingerprint density at radius 3 is 2.89 bits per heavy atom. The standard InChI is InChI=1S/C27H32BrN3O3S/c1-19-7-5-13-30(17-19)14-6-12-29-26(32)18-31-22-8-3-4-9-24(22)35-25(27(31)33)16-20-10-11-23(34-2)21(28)15-20/h3-4,8-11,15-16,19H,5-7,12-14,17-18H2,1-2H3,(H,29,32). The molecule has 1 N–H and O–H groups in total. The summed E-state index contributed by atoms with van der Waals surface area (Å²) in [5.41, 5.74) is 1.65. The zero-order chi connectivity index (χ0) is 24.8. The van der Waals surface area contributed by atoms with Gasteiger partial charge in [0, 0.05) is 18.0 Å². The highest BCUT2D eigenvalue weighted by atomic mass is 79.9. The normalized spacial score (nSPS) is 19.5. The smallest absolute Gasteiger partial charge is 0.265 e. The number of fused-ring (bicyclic) bond motifs is 1. The third kappa shape index (κ3) is 6.68. The number of likely N-dealkylation sites (tertiary alicyclic amines) is 1. The minimum atomic E-state index is -0.168. The number of nitrogens with one attached hydrogen (secondary N) is 1. The van der Waals surface area contributed by atoms with Gasteiger partial charge in [-0.3, -0.25) is 14.5 Å². The monoisotopic (exact) mass is 557 g/mol. The Kier molecular flexibility index (Phi) is 8.92. The quantitative estimate of drug-likeness (QED) is 0.358. The van der Waals surface area contributed by atoms with E-state index >= 15 is 0 Å². The van der Waals surface area contributed by atoms with E-state index in [0.717, 1.165) is 58.3 Å². The number of hydrogen-bond acceptors (Lipinski definition) is 5. The first-order chi connectivity index (χ1) is 16.9. The minimum Gasteiger partial charge on any atom is -0.496 e. The molecule has 0 aliphatic carbocycles. The SMILES string of the molecule is COc1ccc(C=C2Sc3ccccc3N(CC(=O)NCCCN3CCCC(C)C3)C2=O)cc1Br. The second-order valence-electron chi connectivity index (χ2n) is 9.12. The molecular weight excluding hydrogens is 526 g/mol. The van der Waals surface area contributed by atoms with E-state index in [2.05, 4.69) is 33.1 Å². The van der Waals surface area contributed by atoms with Crippen molar-refractivity contribution in [3.05, 3.63) is 57.4 Å². The second-order valence-corrected chi connectivity index (χ2v) is 11.1. The van der Waals surface area contributed by atoms with Crippen LogP contribution in [0.25, 0.3) is 6.08 Å². The van der Waals surface area contributed by atoms with Crippen molar-refractivity contribution >= 4 is 51.3 Å². The number of amides is 2. The zero-order valence-electron chi connectivity index (χ0n) is 20.3. The van der Waals surface area contributed by atoms with Crippen LogP contribution in [0.5, 0.6) is 5.75 Å². The van der Waals surface area contributed by atoms with Gasteiger partial charge in [0.25, 0.3) is 5.91 Å². The molecule has 186 valence electrons. The summed E-state index contributed by atoms with van der Waals surface area (Å²) in [4.78, 5) is 31.8. The van der Waals surface area contributed by atoms with Crippen molar-refractivity contribution in [1.29, 1.82) is 0 Å². The lowest BCUT2D eigenvalue weighted by atomic mass is 10.0. The molecule has 6 nitrogen and oxygen atoms in total. The first kappa shape index (κ1) is 25.8. The van der Waals surface area contributed by atoms with Crippen molar-refractivity contribution in [2.24, 2.45) is 5.92 Å². The fraction of sp³-hybridized carbons (Fsp3) is 0.407. The number of thioether (sulfide) groups is 1. The number of para-hydroxylation sites is 1. The Labute approximate surface area is 220 Å². The third-order valence-electron chi connectivity index (χ3n) is 6.32. The molecule has 1 unspecified atom stereocenters. The van der Waals surface area contributed by atoms with Crippen molar-refractivity contribution in [2.45, 2.75) is 31.1 Å². The maximum Gasteiger partial charge on any atom is 0.265 e. The molecule has 2 aliphatic rings. The molecule has 1 saturated heterocycles. The Balaban J connectivity index is 1.41. The van der Waals surface area contributed by atoms with Crippen LogP contribution >= 0.6 is 27.7 Å². The number of hydrogen-bond donors (Lipinski definition) is 1. The van der Waals surface area contributed by atoms with Gasteiger partial charge in [-0.1, -0.05) is 36.9 Å². The lowest BCUT2D eigenvalue weighted by Crippen LogP contribution is -2.43. The van der Waals surface area contributed by atoms with Crippen LogP contribution < -0.4 is 15.0 Å². The predicted octanol–water partition coefficient (Wildman–Crippen LogP) is 5.18. The van der Waals surface area contributed by atoms with Crippen LogP contribution in [0.2, 0.25) is 0 Å². The molecule has 2 heterocycles. The number of carbonyl (C=O) groups excluding carboxylic acids is 2. The number of rotatable bonds is 8. The molecule has 2 aliphatic heterocycles. The summed E-state index contributed by atoms with van der Waals surface area (Å²) < 4.78 is 6.12. The number of methoxy groups -OCH3 is 1. The molecule has 8 heteroatoms. The summed E-state index contributed by atoms with van der Waals surface area (Å²) >= 11 is 4.93. The van der Waals surface area contributed by atoms with Crippen LogP contribution in [0.1, 0.15) is 31.7 Å². The van der Waals surface area contributed by atoms with Gasteiger partial charge >= 0.3 is 0 Å². The minimum absolute atomic E-state index is 0.000796. The van der Waals surface area contributed by atoms with Crippen LogP contribution in [0.15, 0.2) is 56.7 Å².